The number of amides is 2. The van der Waals surface area contributed by atoms with Crippen molar-refractivity contribution in [1.82, 2.24) is 4.90 Å². The molecule has 2 amide bonds. The summed E-state index contributed by atoms with van der Waals surface area (Å²) in [6.07, 6.45) is -0.449. The summed E-state index contributed by atoms with van der Waals surface area (Å²) < 4.78 is 10.5. The van der Waals surface area contributed by atoms with Gasteiger partial charge < -0.3 is 14.8 Å². The van der Waals surface area contributed by atoms with E-state index in [9.17, 15) is 9.59 Å². The first-order chi connectivity index (χ1) is 11.7. The standard InChI is InChI=1S/C18H18N2O4/c21-17(12-20-10-11-23-18(20)22)19-15-6-8-16(9-7-15)24-13-14-4-2-1-3-5-14/h1-9H,10-13H2,(H,19,21). The highest BCUT2D eigenvalue weighted by atomic mass is 16.6. The van der Waals surface area contributed by atoms with E-state index in [-0.39, 0.29) is 12.5 Å². The first kappa shape index (κ1) is 15.9. The van der Waals surface area contributed by atoms with Crippen molar-refractivity contribution in [3.63, 3.8) is 0 Å². The Balaban J connectivity index is 1.49. The summed E-state index contributed by atoms with van der Waals surface area (Å²) in [5.41, 5.74) is 1.74. The van der Waals surface area contributed by atoms with Gasteiger partial charge in [0.2, 0.25) is 5.91 Å². The molecule has 0 unspecified atom stereocenters. The Morgan fingerprint density at radius 3 is 2.54 bits per heavy atom. The molecule has 0 bridgehead atoms. The van der Waals surface area contributed by atoms with Gasteiger partial charge in [-0.25, -0.2) is 4.79 Å². The van der Waals surface area contributed by atoms with Gasteiger partial charge in [0.05, 0.1) is 6.54 Å². The molecule has 124 valence electrons. The van der Waals surface area contributed by atoms with Crippen LogP contribution in [0.25, 0.3) is 0 Å². The van der Waals surface area contributed by atoms with Crippen LogP contribution in [0.15, 0.2) is 54.6 Å². The van der Waals surface area contributed by atoms with Gasteiger partial charge in [-0.1, -0.05) is 30.3 Å². The second kappa shape index (κ2) is 7.50. The Bertz CT molecular complexity index is 701. The average molecular weight is 326 g/mol. The topological polar surface area (TPSA) is 67.9 Å². The lowest BCUT2D eigenvalue weighted by atomic mass is 10.2. The van der Waals surface area contributed by atoms with Gasteiger partial charge in [-0.2, -0.15) is 0 Å². The minimum Gasteiger partial charge on any atom is -0.489 e. The first-order valence-corrected chi connectivity index (χ1v) is 7.69. The van der Waals surface area contributed by atoms with E-state index in [4.69, 9.17) is 9.47 Å². The molecule has 1 aliphatic heterocycles. The third-order valence-electron chi connectivity index (χ3n) is 3.57. The summed E-state index contributed by atoms with van der Waals surface area (Å²) >= 11 is 0. The molecular weight excluding hydrogens is 308 g/mol. The number of benzene rings is 2. The van der Waals surface area contributed by atoms with Crippen LogP contribution in [-0.4, -0.2) is 36.6 Å². The molecule has 6 nitrogen and oxygen atoms in total. The average Bonchev–Trinajstić information content (AvgIpc) is 3.00. The molecule has 24 heavy (non-hydrogen) atoms. The van der Waals surface area contributed by atoms with Gasteiger partial charge in [-0.05, 0) is 29.8 Å². The predicted molar refractivity (Wildman–Crippen MR) is 88.8 cm³/mol. The lowest BCUT2D eigenvalue weighted by molar-refractivity contribution is -0.116. The molecule has 1 aliphatic rings. The van der Waals surface area contributed by atoms with Gasteiger partial charge in [0, 0.05) is 5.69 Å². The van der Waals surface area contributed by atoms with Gasteiger partial charge >= 0.3 is 6.09 Å². The maximum Gasteiger partial charge on any atom is 0.410 e. The zero-order valence-electron chi connectivity index (χ0n) is 13.1. The van der Waals surface area contributed by atoms with Crippen LogP contribution in [0, 0.1) is 0 Å². The molecule has 0 saturated carbocycles. The van der Waals surface area contributed by atoms with Crippen molar-refractivity contribution >= 4 is 17.7 Å². The lowest BCUT2D eigenvalue weighted by Gasteiger charge is -2.12. The summed E-state index contributed by atoms with van der Waals surface area (Å²) in [6, 6.07) is 17.0. The van der Waals surface area contributed by atoms with Crippen LogP contribution in [0.1, 0.15) is 5.56 Å². The normalized spacial score (nSPS) is 13.5. The molecule has 0 spiro atoms. The fourth-order valence-corrected chi connectivity index (χ4v) is 2.32. The molecule has 0 radical (unpaired) electrons. The second-order valence-electron chi connectivity index (χ2n) is 5.38. The largest absolute Gasteiger partial charge is 0.489 e. The van der Waals surface area contributed by atoms with Gasteiger partial charge in [0.25, 0.3) is 0 Å². The van der Waals surface area contributed by atoms with Crippen LogP contribution in [0.5, 0.6) is 5.75 Å². The molecule has 1 fully saturated rings. The minimum atomic E-state index is -0.449. The third kappa shape index (κ3) is 4.25. The molecule has 0 aliphatic carbocycles. The highest BCUT2D eigenvalue weighted by Crippen LogP contribution is 2.17. The number of carbonyl (C=O) groups excluding carboxylic acids is 2. The molecular formula is C18H18N2O4. The molecule has 6 heteroatoms. The Kier molecular flexibility index (Phi) is 4.96. The van der Waals surface area contributed by atoms with E-state index in [0.717, 1.165) is 11.3 Å². The van der Waals surface area contributed by atoms with Crippen LogP contribution in [0.4, 0.5) is 10.5 Å². The summed E-state index contributed by atoms with van der Waals surface area (Å²) in [5, 5.41) is 2.75. The van der Waals surface area contributed by atoms with Crippen molar-refractivity contribution in [2.24, 2.45) is 0 Å². The fraction of sp³-hybridized carbons (Fsp3) is 0.222. The molecule has 0 aromatic heterocycles. The zero-order valence-corrected chi connectivity index (χ0v) is 13.1. The van der Waals surface area contributed by atoms with E-state index < -0.39 is 6.09 Å². The van der Waals surface area contributed by atoms with E-state index in [0.29, 0.717) is 25.4 Å². The summed E-state index contributed by atoms with van der Waals surface area (Å²) in [4.78, 5) is 24.6. The Morgan fingerprint density at radius 2 is 1.88 bits per heavy atom. The second-order valence-corrected chi connectivity index (χ2v) is 5.38. The van der Waals surface area contributed by atoms with E-state index in [1.165, 1.54) is 4.90 Å². The maximum atomic E-state index is 11.9. The van der Waals surface area contributed by atoms with Gasteiger partial charge in [-0.15, -0.1) is 0 Å². The first-order valence-electron chi connectivity index (χ1n) is 7.69. The van der Waals surface area contributed by atoms with Gasteiger partial charge in [0.15, 0.2) is 0 Å². The van der Waals surface area contributed by atoms with E-state index in [1.54, 1.807) is 24.3 Å². The molecule has 1 saturated heterocycles. The number of anilines is 1. The van der Waals surface area contributed by atoms with Crippen molar-refractivity contribution < 1.29 is 19.1 Å². The Labute approximate surface area is 140 Å². The zero-order chi connectivity index (χ0) is 16.8. The highest BCUT2D eigenvalue weighted by molar-refractivity contribution is 5.94. The molecule has 1 N–H and O–H groups in total. The Hall–Kier alpha value is -3.02. The lowest BCUT2D eigenvalue weighted by Crippen LogP contribution is -2.33. The molecule has 3 rings (SSSR count). The van der Waals surface area contributed by atoms with Crippen molar-refractivity contribution in [3.8, 4) is 5.75 Å². The number of carbonyl (C=O) groups is 2. The molecule has 2 aromatic carbocycles. The SMILES string of the molecule is O=C(CN1CCOC1=O)Nc1ccc(OCc2ccccc2)cc1. The third-order valence-corrected chi connectivity index (χ3v) is 3.57. The number of nitrogens with one attached hydrogen (secondary N) is 1. The number of rotatable bonds is 6. The van der Waals surface area contributed by atoms with Gasteiger partial charge in [-0.3, -0.25) is 9.69 Å². The number of nitrogens with zero attached hydrogens (tertiary/aromatic N) is 1. The van der Waals surface area contributed by atoms with Crippen LogP contribution in [-0.2, 0) is 16.1 Å². The number of ether oxygens (including phenoxy) is 2. The van der Waals surface area contributed by atoms with Crippen molar-refractivity contribution in [3.05, 3.63) is 60.2 Å². The van der Waals surface area contributed by atoms with Crippen LogP contribution in [0.2, 0.25) is 0 Å². The van der Waals surface area contributed by atoms with Gasteiger partial charge in [0.1, 0.15) is 25.5 Å². The predicted octanol–water partition coefficient (Wildman–Crippen LogP) is 2.66. The van der Waals surface area contributed by atoms with Crippen LogP contribution >= 0.6 is 0 Å². The van der Waals surface area contributed by atoms with Crippen LogP contribution < -0.4 is 10.1 Å². The minimum absolute atomic E-state index is 0.00884. The fourth-order valence-electron chi connectivity index (χ4n) is 2.32. The Morgan fingerprint density at radius 1 is 1.12 bits per heavy atom. The van der Waals surface area contributed by atoms with Crippen molar-refractivity contribution in [1.29, 1.82) is 0 Å². The summed E-state index contributed by atoms with van der Waals surface area (Å²) in [6.45, 7) is 1.26. The highest BCUT2D eigenvalue weighted by Gasteiger charge is 2.23. The quantitative estimate of drug-likeness (QED) is 0.886. The maximum absolute atomic E-state index is 11.9. The molecule has 0 atom stereocenters. The number of cyclic esters (lactones) is 1. The number of hydrogen-bond donors (Lipinski definition) is 1. The van der Waals surface area contributed by atoms with Crippen molar-refractivity contribution in [2.75, 3.05) is 25.0 Å². The monoisotopic (exact) mass is 326 g/mol. The van der Waals surface area contributed by atoms with E-state index >= 15 is 0 Å². The smallest absolute Gasteiger partial charge is 0.410 e. The van der Waals surface area contributed by atoms with Crippen molar-refractivity contribution in [2.45, 2.75) is 6.61 Å². The molecule has 1 heterocycles. The summed E-state index contributed by atoms with van der Waals surface area (Å²) in [7, 11) is 0. The molecule has 2 aromatic rings. The van der Waals surface area contributed by atoms with E-state index in [1.807, 2.05) is 30.3 Å². The summed E-state index contributed by atoms with van der Waals surface area (Å²) in [5.74, 6) is 0.465. The van der Waals surface area contributed by atoms with E-state index in [2.05, 4.69) is 5.32 Å². The van der Waals surface area contributed by atoms with Crippen LogP contribution in [0.3, 0.4) is 0 Å². The number of hydrogen-bond acceptors (Lipinski definition) is 4.